The van der Waals surface area contributed by atoms with E-state index in [9.17, 15) is 13.2 Å². The predicted octanol–water partition coefficient (Wildman–Crippen LogP) is 3.34. The Labute approximate surface area is 148 Å². The molecule has 0 N–H and O–H groups in total. The molecule has 1 saturated heterocycles. The summed E-state index contributed by atoms with van der Waals surface area (Å²) >= 11 is 4.81. The van der Waals surface area contributed by atoms with E-state index in [2.05, 4.69) is 15.9 Å². The number of hydrogen-bond acceptors (Lipinski definition) is 4. The lowest BCUT2D eigenvalue weighted by molar-refractivity contribution is 0.0686. The van der Waals surface area contributed by atoms with Crippen molar-refractivity contribution in [2.75, 3.05) is 11.5 Å². The Morgan fingerprint density at radius 3 is 2.74 bits per heavy atom. The van der Waals surface area contributed by atoms with E-state index in [-0.39, 0.29) is 23.5 Å². The van der Waals surface area contributed by atoms with Crippen LogP contribution in [-0.4, -0.2) is 36.8 Å². The standard InChI is InChI=1S/C16H16BrNO3S2/c17-13-4-1-3-12(9-13)10-18(14-6-8-23(20,21)11-14)16(19)15-5-2-7-22-15/h1-5,7,9,14H,6,8,10-11H2/t14-/m0/s1. The fourth-order valence-electron chi connectivity index (χ4n) is 2.76. The summed E-state index contributed by atoms with van der Waals surface area (Å²) in [5.41, 5.74) is 0.980. The molecule has 1 aliphatic rings. The number of sulfone groups is 1. The van der Waals surface area contributed by atoms with E-state index in [0.29, 0.717) is 17.8 Å². The number of rotatable bonds is 4. The molecule has 0 unspecified atom stereocenters. The Kier molecular flexibility index (Phi) is 4.89. The minimum Gasteiger partial charge on any atom is -0.330 e. The largest absolute Gasteiger partial charge is 0.330 e. The maximum Gasteiger partial charge on any atom is 0.264 e. The van der Waals surface area contributed by atoms with Crippen molar-refractivity contribution in [3.8, 4) is 0 Å². The molecule has 1 aliphatic heterocycles. The molecular formula is C16H16BrNO3S2. The molecular weight excluding hydrogens is 398 g/mol. The Morgan fingerprint density at radius 2 is 2.13 bits per heavy atom. The second-order valence-corrected chi connectivity index (χ2v) is 9.69. The summed E-state index contributed by atoms with van der Waals surface area (Å²) in [6.45, 7) is 0.413. The average Bonchev–Trinajstić information content (AvgIpc) is 3.13. The number of carbonyl (C=O) groups is 1. The van der Waals surface area contributed by atoms with Gasteiger partial charge in [0.05, 0.1) is 16.4 Å². The fourth-order valence-corrected chi connectivity index (χ4v) is 5.62. The van der Waals surface area contributed by atoms with Gasteiger partial charge in [-0.2, -0.15) is 0 Å². The van der Waals surface area contributed by atoms with Gasteiger partial charge in [-0.05, 0) is 35.6 Å². The SMILES string of the molecule is O=C(c1cccs1)N(Cc1cccc(Br)c1)[C@H]1CCS(=O)(=O)C1. The summed E-state index contributed by atoms with van der Waals surface area (Å²) in [7, 11) is -3.04. The summed E-state index contributed by atoms with van der Waals surface area (Å²) in [6, 6.07) is 11.1. The van der Waals surface area contributed by atoms with Gasteiger partial charge in [0.2, 0.25) is 0 Å². The van der Waals surface area contributed by atoms with Gasteiger partial charge in [0.1, 0.15) is 0 Å². The third-order valence-corrected chi connectivity index (χ3v) is 6.99. The number of thiophene rings is 1. The van der Waals surface area contributed by atoms with E-state index in [1.165, 1.54) is 11.3 Å². The zero-order valence-corrected chi connectivity index (χ0v) is 15.5. The number of hydrogen-bond donors (Lipinski definition) is 0. The van der Waals surface area contributed by atoms with Crippen LogP contribution in [0.4, 0.5) is 0 Å². The first-order valence-corrected chi connectivity index (χ1v) is 10.7. The van der Waals surface area contributed by atoms with Crippen LogP contribution < -0.4 is 0 Å². The molecule has 2 aromatic rings. The van der Waals surface area contributed by atoms with Crippen molar-refractivity contribution >= 4 is 43.0 Å². The maximum absolute atomic E-state index is 12.8. The summed E-state index contributed by atoms with van der Waals surface area (Å²) in [5, 5.41) is 1.86. The van der Waals surface area contributed by atoms with Gasteiger partial charge in [-0.3, -0.25) is 4.79 Å². The lowest BCUT2D eigenvalue weighted by Gasteiger charge is -2.28. The summed E-state index contributed by atoms with van der Waals surface area (Å²) in [5.74, 6) is 0.116. The number of carbonyl (C=O) groups excluding carboxylic acids is 1. The van der Waals surface area contributed by atoms with Gasteiger partial charge in [0.25, 0.3) is 5.91 Å². The Bertz CT molecular complexity index is 802. The normalized spacial score (nSPS) is 19.6. The van der Waals surface area contributed by atoms with Gasteiger partial charge in [-0.1, -0.05) is 34.1 Å². The van der Waals surface area contributed by atoms with Crippen LogP contribution >= 0.6 is 27.3 Å². The van der Waals surface area contributed by atoms with Crippen molar-refractivity contribution in [1.29, 1.82) is 0 Å². The second-order valence-electron chi connectivity index (χ2n) is 5.60. The van der Waals surface area contributed by atoms with Crippen molar-refractivity contribution < 1.29 is 13.2 Å². The van der Waals surface area contributed by atoms with Gasteiger partial charge >= 0.3 is 0 Å². The topological polar surface area (TPSA) is 54.5 Å². The van der Waals surface area contributed by atoms with Gasteiger partial charge in [0, 0.05) is 17.1 Å². The summed E-state index contributed by atoms with van der Waals surface area (Å²) in [4.78, 5) is 15.2. The molecule has 23 heavy (non-hydrogen) atoms. The predicted molar refractivity (Wildman–Crippen MR) is 95.4 cm³/mol. The maximum atomic E-state index is 12.8. The van der Waals surface area contributed by atoms with Crippen LogP contribution in [0.15, 0.2) is 46.3 Å². The lowest BCUT2D eigenvalue weighted by Crippen LogP contribution is -2.40. The molecule has 0 radical (unpaired) electrons. The van der Waals surface area contributed by atoms with Crippen molar-refractivity contribution in [3.05, 3.63) is 56.7 Å². The zero-order chi connectivity index (χ0) is 16.4. The van der Waals surface area contributed by atoms with Gasteiger partial charge in [-0.15, -0.1) is 11.3 Å². The molecule has 3 rings (SSSR count). The highest BCUT2D eigenvalue weighted by Gasteiger charge is 2.35. The Balaban J connectivity index is 1.88. The molecule has 122 valence electrons. The second kappa shape index (κ2) is 6.75. The van der Waals surface area contributed by atoms with E-state index in [0.717, 1.165) is 10.0 Å². The van der Waals surface area contributed by atoms with Crippen molar-refractivity contribution in [2.45, 2.75) is 19.0 Å². The highest BCUT2D eigenvalue weighted by molar-refractivity contribution is 9.10. The van der Waals surface area contributed by atoms with E-state index in [1.807, 2.05) is 35.7 Å². The highest BCUT2D eigenvalue weighted by Crippen LogP contribution is 2.24. The fraction of sp³-hybridized carbons (Fsp3) is 0.312. The molecule has 0 aliphatic carbocycles. The number of benzene rings is 1. The molecule has 1 amide bonds. The first-order valence-electron chi connectivity index (χ1n) is 7.24. The lowest BCUT2D eigenvalue weighted by atomic mass is 10.1. The van der Waals surface area contributed by atoms with Gasteiger partial charge in [-0.25, -0.2) is 8.42 Å². The van der Waals surface area contributed by atoms with Crippen molar-refractivity contribution in [1.82, 2.24) is 4.90 Å². The average molecular weight is 414 g/mol. The van der Waals surface area contributed by atoms with Crippen LogP contribution in [0.25, 0.3) is 0 Å². The third kappa shape index (κ3) is 4.02. The molecule has 1 fully saturated rings. The Morgan fingerprint density at radius 1 is 1.30 bits per heavy atom. The van der Waals surface area contributed by atoms with Crippen LogP contribution in [0, 0.1) is 0 Å². The van der Waals surface area contributed by atoms with Crippen LogP contribution in [0.3, 0.4) is 0 Å². The van der Waals surface area contributed by atoms with E-state index >= 15 is 0 Å². The number of amides is 1. The van der Waals surface area contributed by atoms with E-state index in [4.69, 9.17) is 0 Å². The summed E-state index contributed by atoms with van der Waals surface area (Å²) < 4.78 is 24.6. The van der Waals surface area contributed by atoms with Gasteiger partial charge < -0.3 is 4.90 Å². The molecule has 7 heteroatoms. The van der Waals surface area contributed by atoms with E-state index in [1.54, 1.807) is 11.0 Å². The van der Waals surface area contributed by atoms with Crippen molar-refractivity contribution in [2.24, 2.45) is 0 Å². The molecule has 1 atom stereocenters. The van der Waals surface area contributed by atoms with Gasteiger partial charge in [0.15, 0.2) is 9.84 Å². The first kappa shape index (κ1) is 16.7. The monoisotopic (exact) mass is 413 g/mol. The minimum absolute atomic E-state index is 0.0537. The summed E-state index contributed by atoms with van der Waals surface area (Å²) in [6.07, 6.45) is 0.507. The Hall–Kier alpha value is -1.18. The smallest absolute Gasteiger partial charge is 0.264 e. The minimum atomic E-state index is -3.04. The quantitative estimate of drug-likeness (QED) is 0.771. The molecule has 0 spiro atoms. The molecule has 4 nitrogen and oxygen atoms in total. The first-order chi connectivity index (χ1) is 10.9. The highest BCUT2D eigenvalue weighted by atomic mass is 79.9. The third-order valence-electron chi connectivity index (χ3n) is 3.88. The zero-order valence-electron chi connectivity index (χ0n) is 12.3. The van der Waals surface area contributed by atoms with Crippen LogP contribution in [-0.2, 0) is 16.4 Å². The number of nitrogens with zero attached hydrogens (tertiary/aromatic N) is 1. The van der Waals surface area contributed by atoms with Crippen LogP contribution in [0.2, 0.25) is 0 Å². The van der Waals surface area contributed by atoms with Crippen molar-refractivity contribution in [3.63, 3.8) is 0 Å². The van der Waals surface area contributed by atoms with Crippen LogP contribution in [0.1, 0.15) is 21.7 Å². The number of halogens is 1. The molecule has 2 heterocycles. The molecule has 0 bridgehead atoms. The van der Waals surface area contributed by atoms with Crippen LogP contribution in [0.5, 0.6) is 0 Å². The molecule has 0 saturated carbocycles. The molecule has 1 aromatic heterocycles. The van der Waals surface area contributed by atoms with E-state index < -0.39 is 9.84 Å². The molecule has 1 aromatic carbocycles.